The summed E-state index contributed by atoms with van der Waals surface area (Å²) in [6.45, 7) is -4.46. The Hall–Kier alpha value is -1.04. The second kappa shape index (κ2) is 19.3. The van der Waals surface area contributed by atoms with Crippen molar-refractivity contribution in [1.29, 1.82) is 0 Å². The fourth-order valence-electron chi connectivity index (χ4n) is 7.36. The van der Waals surface area contributed by atoms with Gasteiger partial charge < -0.3 is 129 Å². The van der Waals surface area contributed by atoms with Crippen molar-refractivity contribution in [2.45, 2.75) is 154 Å². The summed E-state index contributed by atoms with van der Waals surface area (Å²) in [5.41, 5.74) is 0. The van der Waals surface area contributed by atoms with E-state index in [1.165, 1.54) is 0 Å². The lowest BCUT2D eigenvalue weighted by Crippen LogP contribution is -2.49. The highest BCUT2D eigenvalue weighted by Crippen LogP contribution is 2.38. The van der Waals surface area contributed by atoms with Gasteiger partial charge in [0.25, 0.3) is 0 Å². The molecule has 6 fully saturated rings. The van der Waals surface area contributed by atoms with Gasteiger partial charge in [-0.3, -0.25) is 0 Å². The summed E-state index contributed by atoms with van der Waals surface area (Å²) in [5, 5.41) is 154. The fraction of sp³-hybridized carbons (Fsp3) is 1.00. The quantitative estimate of drug-likeness (QED) is 0.0646. The Bertz CT molecular complexity index is 1260. The topological polar surface area (TPSA) is 405 Å². The molecule has 6 heterocycles. The number of ether oxygens (including phenoxy) is 11. The third-order valence-corrected chi connectivity index (χ3v) is 10.6. The number of hydrogen-bond acceptors (Lipinski definition) is 26. The van der Waals surface area contributed by atoms with Gasteiger partial charge in [-0.05, 0) is 0 Å². The zero-order valence-electron chi connectivity index (χ0n) is 29.9. The van der Waals surface area contributed by atoms with E-state index >= 15 is 0 Å². The lowest BCUT2D eigenvalue weighted by Gasteiger charge is -2.32. The van der Waals surface area contributed by atoms with E-state index < -0.39 is 193 Å². The lowest BCUT2D eigenvalue weighted by atomic mass is 10.1. The Kier molecular flexibility index (Phi) is 15.4. The molecule has 6 rings (SSSR count). The summed E-state index contributed by atoms with van der Waals surface area (Å²) in [4.78, 5) is 0. The molecule has 6 aliphatic rings. The van der Waals surface area contributed by atoms with Gasteiger partial charge in [-0.15, -0.1) is 0 Å². The molecule has 0 bridgehead atoms. The molecule has 0 aromatic carbocycles. The normalized spacial score (nSPS) is 52.1. The van der Waals surface area contributed by atoms with Crippen LogP contribution in [0.4, 0.5) is 0 Å². The first-order valence-electron chi connectivity index (χ1n) is 18.2. The molecule has 0 aliphatic carbocycles. The van der Waals surface area contributed by atoms with Gasteiger partial charge in [-0.2, -0.15) is 0 Å². The van der Waals surface area contributed by atoms with Gasteiger partial charge in [-0.25, -0.2) is 0 Å². The van der Waals surface area contributed by atoms with Crippen molar-refractivity contribution in [1.82, 2.24) is 0 Å². The minimum atomic E-state index is -1.94. The van der Waals surface area contributed by atoms with Gasteiger partial charge >= 0.3 is 0 Å². The van der Waals surface area contributed by atoms with E-state index in [9.17, 15) is 76.6 Å². The van der Waals surface area contributed by atoms with Crippen molar-refractivity contribution in [3.05, 3.63) is 0 Å². The summed E-state index contributed by atoms with van der Waals surface area (Å²) in [6, 6.07) is 0. The highest BCUT2D eigenvalue weighted by Gasteiger charge is 2.58. The van der Waals surface area contributed by atoms with E-state index in [2.05, 4.69) is 0 Å². The van der Waals surface area contributed by atoms with Gasteiger partial charge in [0.2, 0.25) is 0 Å². The molecule has 0 aromatic rings. The molecular formula is C31H52O26. The molecule has 0 amide bonds. The number of hydrogen-bond donors (Lipinski definition) is 15. The van der Waals surface area contributed by atoms with E-state index in [0.29, 0.717) is 0 Å². The predicted octanol–water partition coefficient (Wildman–Crippen LogP) is -10.9. The third-order valence-electron chi connectivity index (χ3n) is 10.6. The maximum absolute atomic E-state index is 11.4. The number of aliphatic hydroxyl groups excluding tert-OH is 15. The van der Waals surface area contributed by atoms with E-state index in [4.69, 9.17) is 52.1 Å². The van der Waals surface area contributed by atoms with Crippen molar-refractivity contribution in [3.8, 4) is 0 Å². The van der Waals surface area contributed by atoms with Crippen molar-refractivity contribution in [3.63, 3.8) is 0 Å². The second-order valence-electron chi connectivity index (χ2n) is 14.3. The van der Waals surface area contributed by atoms with Crippen molar-refractivity contribution in [2.24, 2.45) is 0 Å². The Morgan fingerprint density at radius 1 is 0.386 bits per heavy atom. The Balaban J connectivity index is 1.21. The van der Waals surface area contributed by atoms with Crippen LogP contribution in [0.2, 0.25) is 0 Å². The van der Waals surface area contributed by atoms with Gasteiger partial charge in [0.15, 0.2) is 37.7 Å². The first-order valence-corrected chi connectivity index (χ1v) is 18.2. The SMILES string of the molecule is OC[C@@H](O)[C@@H]1O[C@@H](O[C@H]2[C@@H](O[C@@H]3[C@@H](O[C@@H]4O[C@@H](CO)[C@H](O)[C@H]4O[C@@H]4O[C@@H](CO)[C@H](O)[C@H]4O)[C@H](CO)O[C@@H]3O)O[C@@H](CO[C@@H]3O[C@@H](CO)[C@H](O)[C@H]3O)[C@@H]2O)[C@H](O)[C@H]1O. The standard InChI is InChI=1S/C31H52O26/c32-1-7(37)21-17(42)20(45)29(53-21)56-24-16(41)12(6-47-27-18(43)13(38)8(2-33)49-27)52-31(24)57-25-22(11(5-36)48-26(25)46)54-30-23(15(40)10(4-35)51-30)55-28-19(44)14(39)9(3-34)50-28/h7-46H,1-6H2/t7-,8+,9+,10+,11+,12+,13+,14+,15+,16+,17-,18-,19-,20-,21+,22+,23-,24-,25-,26+,27-,28+,29+,30+,31-/m1/s1. The number of rotatable bonds is 17. The molecule has 0 radical (unpaired) electrons. The zero-order valence-corrected chi connectivity index (χ0v) is 29.9. The number of aliphatic hydroxyl groups is 15. The average molecular weight is 841 g/mol. The van der Waals surface area contributed by atoms with Crippen LogP contribution in [0, 0.1) is 0 Å². The first-order chi connectivity index (χ1) is 27.2. The smallest absolute Gasteiger partial charge is 0.187 e. The monoisotopic (exact) mass is 840 g/mol. The second-order valence-corrected chi connectivity index (χ2v) is 14.3. The van der Waals surface area contributed by atoms with Crippen LogP contribution in [-0.2, 0) is 52.1 Å². The fourth-order valence-corrected chi connectivity index (χ4v) is 7.36. The molecule has 57 heavy (non-hydrogen) atoms. The van der Waals surface area contributed by atoms with Crippen molar-refractivity contribution in [2.75, 3.05) is 39.6 Å². The van der Waals surface area contributed by atoms with Crippen LogP contribution in [0.3, 0.4) is 0 Å². The molecule has 26 nitrogen and oxygen atoms in total. The van der Waals surface area contributed by atoms with Crippen molar-refractivity contribution >= 4 is 0 Å². The summed E-state index contributed by atoms with van der Waals surface area (Å²) < 4.78 is 62.0. The Labute approximate surface area is 322 Å². The van der Waals surface area contributed by atoms with Crippen LogP contribution in [0.1, 0.15) is 0 Å². The first kappa shape index (κ1) is 45.5. The van der Waals surface area contributed by atoms with Crippen LogP contribution in [-0.4, -0.2) is 270 Å². The highest BCUT2D eigenvalue weighted by atomic mass is 16.8. The molecule has 332 valence electrons. The average Bonchev–Trinajstić information content (AvgIpc) is 3.99. The molecule has 0 saturated carbocycles. The molecule has 0 spiro atoms. The van der Waals surface area contributed by atoms with Crippen LogP contribution in [0.25, 0.3) is 0 Å². The molecular weight excluding hydrogens is 788 g/mol. The molecule has 25 atom stereocenters. The molecule has 26 heteroatoms. The van der Waals surface area contributed by atoms with Gasteiger partial charge in [0, 0.05) is 0 Å². The molecule has 6 aliphatic heterocycles. The predicted molar refractivity (Wildman–Crippen MR) is 169 cm³/mol. The van der Waals surface area contributed by atoms with Crippen LogP contribution in [0.15, 0.2) is 0 Å². The van der Waals surface area contributed by atoms with E-state index in [1.807, 2.05) is 0 Å². The largest absolute Gasteiger partial charge is 0.394 e. The zero-order chi connectivity index (χ0) is 41.5. The maximum atomic E-state index is 11.4. The van der Waals surface area contributed by atoms with Gasteiger partial charge in [0.05, 0.1) is 39.6 Å². The van der Waals surface area contributed by atoms with Crippen molar-refractivity contribution < 1.29 is 129 Å². The minimum absolute atomic E-state index is 0.616. The van der Waals surface area contributed by atoms with Gasteiger partial charge in [0.1, 0.15) is 116 Å². The Morgan fingerprint density at radius 3 is 1.35 bits per heavy atom. The summed E-state index contributed by atoms with van der Waals surface area (Å²) in [6.07, 6.45) is -40.5. The van der Waals surface area contributed by atoms with E-state index in [0.717, 1.165) is 0 Å². The van der Waals surface area contributed by atoms with Crippen LogP contribution in [0.5, 0.6) is 0 Å². The van der Waals surface area contributed by atoms with Crippen LogP contribution < -0.4 is 0 Å². The molecule has 6 saturated heterocycles. The highest BCUT2D eigenvalue weighted by molar-refractivity contribution is 4.98. The summed E-state index contributed by atoms with van der Waals surface area (Å²) in [5.74, 6) is 0. The maximum Gasteiger partial charge on any atom is 0.187 e. The summed E-state index contributed by atoms with van der Waals surface area (Å²) >= 11 is 0. The van der Waals surface area contributed by atoms with E-state index in [1.54, 1.807) is 0 Å². The van der Waals surface area contributed by atoms with E-state index in [-0.39, 0.29) is 0 Å². The van der Waals surface area contributed by atoms with Crippen LogP contribution >= 0.6 is 0 Å². The third kappa shape index (κ3) is 9.13. The molecule has 0 unspecified atom stereocenters. The summed E-state index contributed by atoms with van der Waals surface area (Å²) in [7, 11) is 0. The lowest BCUT2D eigenvalue weighted by molar-refractivity contribution is -0.291. The minimum Gasteiger partial charge on any atom is -0.394 e. The molecule has 0 aromatic heterocycles. The molecule has 15 N–H and O–H groups in total. The van der Waals surface area contributed by atoms with Gasteiger partial charge in [-0.1, -0.05) is 0 Å². The Morgan fingerprint density at radius 2 is 0.807 bits per heavy atom.